The van der Waals surface area contributed by atoms with E-state index in [4.69, 9.17) is 21.1 Å². The van der Waals surface area contributed by atoms with E-state index < -0.39 is 5.82 Å². The number of hydrogen-bond donors (Lipinski definition) is 2. The van der Waals surface area contributed by atoms with E-state index in [1.165, 1.54) is 24.5 Å². The third-order valence-electron chi connectivity index (χ3n) is 4.12. The second kappa shape index (κ2) is 11.1. The van der Waals surface area contributed by atoms with Crippen LogP contribution in [0.25, 0.3) is 0 Å². The Kier molecular flexibility index (Phi) is 8.85. The van der Waals surface area contributed by atoms with E-state index in [2.05, 4.69) is 20.6 Å². The maximum Gasteiger partial charge on any atom is 0.316 e. The van der Waals surface area contributed by atoms with Gasteiger partial charge in [-0.05, 0) is 23.8 Å². The minimum atomic E-state index is -0.492. The molecule has 0 radical (unpaired) electrons. The van der Waals surface area contributed by atoms with Crippen LogP contribution in [0.1, 0.15) is 11.7 Å². The van der Waals surface area contributed by atoms with Gasteiger partial charge in [0.25, 0.3) is 5.91 Å². The molecule has 0 aliphatic carbocycles. The molecule has 0 bridgehead atoms. The molecule has 152 valence electrons. The van der Waals surface area contributed by atoms with Gasteiger partial charge < -0.3 is 20.1 Å². The number of nitrogens with zero attached hydrogens (tertiary/aromatic N) is 2. The molecule has 1 aliphatic heterocycles. The van der Waals surface area contributed by atoms with Crippen LogP contribution in [0.4, 0.5) is 4.39 Å². The molecule has 1 amide bonds. The van der Waals surface area contributed by atoms with E-state index in [0.717, 1.165) is 0 Å². The van der Waals surface area contributed by atoms with Gasteiger partial charge in [0.15, 0.2) is 6.61 Å². The first-order chi connectivity index (χ1) is 13.1. The van der Waals surface area contributed by atoms with Gasteiger partial charge in [0.1, 0.15) is 5.82 Å². The van der Waals surface area contributed by atoms with Crippen molar-refractivity contribution in [2.75, 3.05) is 32.8 Å². The third kappa shape index (κ3) is 6.27. The zero-order valence-electron chi connectivity index (χ0n) is 14.9. The summed E-state index contributed by atoms with van der Waals surface area (Å²) in [5.74, 6) is -0.869. The van der Waals surface area contributed by atoms with E-state index in [9.17, 15) is 9.18 Å². The van der Waals surface area contributed by atoms with Crippen molar-refractivity contribution in [1.29, 1.82) is 0 Å². The molecule has 1 aromatic carbocycles. The summed E-state index contributed by atoms with van der Waals surface area (Å²) in [6, 6.07) is 6.43. The monoisotopic (exact) mass is 430 g/mol. The van der Waals surface area contributed by atoms with Gasteiger partial charge in [0.05, 0.1) is 17.7 Å². The summed E-state index contributed by atoms with van der Waals surface area (Å²) in [5, 5.41) is 6.14. The smallest absolute Gasteiger partial charge is 0.316 e. The summed E-state index contributed by atoms with van der Waals surface area (Å²) < 4.78 is 24.9. The third-order valence-corrected chi connectivity index (χ3v) is 4.43. The Balaban J connectivity index is 0.00000280. The van der Waals surface area contributed by atoms with Crippen molar-refractivity contribution in [3.8, 4) is 6.01 Å². The van der Waals surface area contributed by atoms with Crippen LogP contribution in [0, 0.1) is 11.7 Å². The highest BCUT2D eigenvalue weighted by atomic mass is 35.5. The van der Waals surface area contributed by atoms with E-state index in [1.807, 2.05) is 0 Å². The number of rotatable bonds is 6. The Morgan fingerprint density at radius 2 is 2.18 bits per heavy atom. The number of carbonyl (C=O) groups excluding carboxylic acids is 1. The standard InChI is InChI=1S/C18H20ClFN4O3.ClH/c19-14-3-2-12(8-15(14)20)17-13(9-21-6-7-26-17)10-24-16(25)11-27-18-22-4-1-5-23-18;/h1-5,8,13,17,21H,6-7,9-11H2,(H,24,25);1H/t13-,17-;/m0./s1. The Morgan fingerprint density at radius 1 is 1.39 bits per heavy atom. The molecule has 1 aliphatic rings. The molecule has 2 atom stereocenters. The zero-order valence-corrected chi connectivity index (χ0v) is 16.5. The van der Waals surface area contributed by atoms with Crippen LogP contribution in [0.2, 0.25) is 5.02 Å². The Bertz CT molecular complexity index is 770. The molecule has 0 spiro atoms. The molecule has 28 heavy (non-hydrogen) atoms. The number of carbonyl (C=O) groups is 1. The Labute approximate surface area is 173 Å². The fourth-order valence-corrected chi connectivity index (χ4v) is 2.93. The topological polar surface area (TPSA) is 85.4 Å². The number of nitrogens with one attached hydrogen (secondary N) is 2. The van der Waals surface area contributed by atoms with Crippen LogP contribution in [-0.4, -0.2) is 48.7 Å². The summed E-state index contributed by atoms with van der Waals surface area (Å²) in [7, 11) is 0. The van der Waals surface area contributed by atoms with Crippen molar-refractivity contribution in [2.24, 2.45) is 5.92 Å². The molecule has 1 aromatic heterocycles. The molecule has 2 N–H and O–H groups in total. The van der Waals surface area contributed by atoms with Gasteiger partial charge in [-0.2, -0.15) is 0 Å². The molecule has 1 saturated heterocycles. The average molecular weight is 431 g/mol. The first kappa shape index (κ1) is 22.3. The van der Waals surface area contributed by atoms with Crippen molar-refractivity contribution in [2.45, 2.75) is 6.10 Å². The number of ether oxygens (including phenoxy) is 2. The van der Waals surface area contributed by atoms with E-state index in [0.29, 0.717) is 31.8 Å². The fraction of sp³-hybridized carbons (Fsp3) is 0.389. The second-order valence-corrected chi connectivity index (χ2v) is 6.46. The van der Waals surface area contributed by atoms with Gasteiger partial charge in [0.2, 0.25) is 0 Å². The van der Waals surface area contributed by atoms with Crippen LogP contribution in [0.15, 0.2) is 36.7 Å². The van der Waals surface area contributed by atoms with Gasteiger partial charge >= 0.3 is 6.01 Å². The van der Waals surface area contributed by atoms with Crippen molar-refractivity contribution in [3.63, 3.8) is 0 Å². The molecule has 3 rings (SSSR count). The largest absolute Gasteiger partial charge is 0.453 e. The molecule has 1 fully saturated rings. The van der Waals surface area contributed by atoms with Gasteiger partial charge in [-0.1, -0.05) is 17.7 Å². The van der Waals surface area contributed by atoms with Gasteiger partial charge in [-0.3, -0.25) is 4.79 Å². The maximum absolute atomic E-state index is 13.8. The van der Waals surface area contributed by atoms with Gasteiger partial charge in [0, 0.05) is 37.9 Å². The van der Waals surface area contributed by atoms with Gasteiger partial charge in [-0.25, -0.2) is 14.4 Å². The lowest BCUT2D eigenvalue weighted by Crippen LogP contribution is -2.38. The van der Waals surface area contributed by atoms with Crippen molar-refractivity contribution < 1.29 is 18.7 Å². The molecule has 0 saturated carbocycles. The summed E-state index contributed by atoms with van der Waals surface area (Å²) in [6.07, 6.45) is 2.71. The first-order valence-corrected chi connectivity index (χ1v) is 8.95. The number of halogens is 3. The minimum Gasteiger partial charge on any atom is -0.453 e. The highest BCUT2D eigenvalue weighted by Crippen LogP contribution is 2.29. The van der Waals surface area contributed by atoms with Crippen LogP contribution in [0.5, 0.6) is 6.01 Å². The SMILES string of the molecule is Cl.O=C(COc1ncccn1)NC[C@@H]1CNCCO[C@H]1c1ccc(Cl)c(F)c1. The van der Waals surface area contributed by atoms with Crippen LogP contribution in [0.3, 0.4) is 0 Å². The lowest BCUT2D eigenvalue weighted by atomic mass is 9.95. The lowest BCUT2D eigenvalue weighted by Gasteiger charge is -2.25. The summed E-state index contributed by atoms with van der Waals surface area (Å²) in [6.45, 7) is 1.96. The van der Waals surface area contributed by atoms with Crippen LogP contribution >= 0.6 is 24.0 Å². The van der Waals surface area contributed by atoms with Crippen molar-refractivity contribution >= 4 is 29.9 Å². The summed E-state index contributed by atoms with van der Waals surface area (Å²) in [5.41, 5.74) is 0.689. The van der Waals surface area contributed by atoms with Crippen LogP contribution in [-0.2, 0) is 9.53 Å². The number of benzene rings is 1. The first-order valence-electron chi connectivity index (χ1n) is 8.57. The summed E-state index contributed by atoms with van der Waals surface area (Å²) >= 11 is 5.77. The highest BCUT2D eigenvalue weighted by molar-refractivity contribution is 6.30. The van der Waals surface area contributed by atoms with E-state index in [-0.39, 0.29) is 48.0 Å². The quantitative estimate of drug-likeness (QED) is 0.730. The normalized spacial score (nSPS) is 19.2. The predicted molar refractivity (Wildman–Crippen MR) is 104 cm³/mol. The molecule has 0 unspecified atom stereocenters. The molecule has 7 nitrogen and oxygen atoms in total. The van der Waals surface area contributed by atoms with E-state index in [1.54, 1.807) is 12.1 Å². The Morgan fingerprint density at radius 3 is 2.93 bits per heavy atom. The lowest BCUT2D eigenvalue weighted by molar-refractivity contribution is -0.123. The predicted octanol–water partition coefficient (Wildman–Crippen LogP) is 2.16. The number of hydrogen-bond acceptors (Lipinski definition) is 6. The molecular weight excluding hydrogens is 410 g/mol. The van der Waals surface area contributed by atoms with Crippen LogP contribution < -0.4 is 15.4 Å². The Hall–Kier alpha value is -2.00. The fourth-order valence-electron chi connectivity index (χ4n) is 2.81. The minimum absolute atomic E-state index is 0. The summed E-state index contributed by atoms with van der Waals surface area (Å²) in [4.78, 5) is 19.8. The average Bonchev–Trinajstić information content (AvgIpc) is 2.93. The molecule has 2 aromatic rings. The zero-order chi connectivity index (χ0) is 19.1. The van der Waals surface area contributed by atoms with Crippen molar-refractivity contribution in [1.82, 2.24) is 20.6 Å². The van der Waals surface area contributed by atoms with Gasteiger partial charge in [-0.15, -0.1) is 12.4 Å². The maximum atomic E-state index is 13.8. The number of aromatic nitrogens is 2. The number of amides is 1. The molecule has 10 heteroatoms. The highest BCUT2D eigenvalue weighted by Gasteiger charge is 2.27. The van der Waals surface area contributed by atoms with E-state index >= 15 is 0 Å². The van der Waals surface area contributed by atoms with Crippen molar-refractivity contribution in [3.05, 3.63) is 53.1 Å². The second-order valence-electron chi connectivity index (χ2n) is 6.05. The molecular formula is C18H21Cl2FN4O3. The molecule has 2 heterocycles.